The van der Waals surface area contributed by atoms with Crippen LogP contribution < -0.4 is 13.8 Å². The first-order valence-electron chi connectivity index (χ1n) is 10.7. The number of anilines is 2. The molecule has 1 amide bonds. The minimum atomic E-state index is -4.67. The number of para-hydroxylation sites is 1. The van der Waals surface area contributed by atoms with Crippen LogP contribution in [0.5, 0.6) is 11.5 Å². The number of rotatable bonds is 8. The number of ether oxygens (including phenoxy) is 1. The zero-order valence-electron chi connectivity index (χ0n) is 19.1. The maximum atomic E-state index is 13.9. The van der Waals surface area contributed by atoms with Crippen LogP contribution in [-0.2, 0) is 24.8 Å². The molecule has 0 heterocycles. The molecule has 0 bridgehead atoms. The van der Waals surface area contributed by atoms with Gasteiger partial charge in [-0.1, -0.05) is 54.6 Å². The lowest BCUT2D eigenvalue weighted by molar-refractivity contribution is -0.114. The van der Waals surface area contributed by atoms with Gasteiger partial charge < -0.3 is 10.1 Å². The number of nitrogens with one attached hydrogen (secondary N) is 1. The Morgan fingerprint density at radius 3 is 1.61 bits per heavy atom. The van der Waals surface area contributed by atoms with Gasteiger partial charge in [0.05, 0.1) is 21.2 Å². The van der Waals surface area contributed by atoms with Gasteiger partial charge in [0.25, 0.3) is 20.0 Å². The van der Waals surface area contributed by atoms with Gasteiger partial charge in [0.15, 0.2) is 0 Å². The van der Waals surface area contributed by atoms with Crippen LogP contribution in [0.15, 0.2) is 119 Å². The fourth-order valence-corrected chi connectivity index (χ4v) is 7.17. The summed E-state index contributed by atoms with van der Waals surface area (Å²) in [7, 11) is -9.34. The Morgan fingerprint density at radius 2 is 1.14 bits per heavy atom. The van der Waals surface area contributed by atoms with E-state index in [-0.39, 0.29) is 26.9 Å². The molecule has 4 aromatic carbocycles. The number of nitrogens with zero attached hydrogens (tertiary/aromatic N) is 1. The van der Waals surface area contributed by atoms with E-state index in [2.05, 4.69) is 5.32 Å². The molecule has 0 aliphatic carbocycles. The molecule has 4 aromatic rings. The molecule has 0 spiro atoms. The molecule has 1 N–H and O–H groups in total. The minimum Gasteiger partial charge on any atom is -0.457 e. The lowest BCUT2D eigenvalue weighted by atomic mass is 10.2. The number of benzene rings is 4. The van der Waals surface area contributed by atoms with Crippen LogP contribution in [0.25, 0.3) is 0 Å². The number of carbonyl (C=O) groups is 1. The van der Waals surface area contributed by atoms with Gasteiger partial charge in [0.1, 0.15) is 11.5 Å². The molecule has 0 aromatic heterocycles. The number of amides is 1. The van der Waals surface area contributed by atoms with Gasteiger partial charge >= 0.3 is 0 Å². The summed E-state index contributed by atoms with van der Waals surface area (Å²) in [6.45, 7) is 1.24. The van der Waals surface area contributed by atoms with Crippen molar-refractivity contribution in [1.29, 1.82) is 0 Å². The quantitative estimate of drug-likeness (QED) is 0.348. The molecule has 0 saturated heterocycles. The molecular weight excluding hydrogens is 500 g/mol. The molecule has 0 saturated carbocycles. The van der Waals surface area contributed by atoms with Crippen molar-refractivity contribution in [3.05, 3.63) is 109 Å². The zero-order chi connectivity index (χ0) is 25.8. The van der Waals surface area contributed by atoms with Gasteiger partial charge in [0.2, 0.25) is 5.91 Å². The highest BCUT2D eigenvalue weighted by Gasteiger charge is 2.38. The Balaban J connectivity index is 1.98. The molecule has 0 radical (unpaired) electrons. The highest BCUT2D eigenvalue weighted by atomic mass is 32.3. The van der Waals surface area contributed by atoms with E-state index >= 15 is 0 Å². The zero-order valence-corrected chi connectivity index (χ0v) is 20.7. The number of hydrogen-bond acceptors (Lipinski definition) is 6. The van der Waals surface area contributed by atoms with Gasteiger partial charge in [-0.25, -0.2) is 16.8 Å². The average Bonchev–Trinajstić information content (AvgIpc) is 2.87. The van der Waals surface area contributed by atoms with Gasteiger partial charge in [-0.2, -0.15) is 3.71 Å². The predicted molar refractivity (Wildman–Crippen MR) is 137 cm³/mol. The maximum absolute atomic E-state index is 13.9. The number of sulfonamides is 2. The van der Waals surface area contributed by atoms with Crippen molar-refractivity contribution in [1.82, 2.24) is 0 Å². The van der Waals surface area contributed by atoms with E-state index in [4.69, 9.17) is 4.74 Å². The Hall–Kier alpha value is -4.15. The fraction of sp³-hybridized carbons (Fsp3) is 0.0385. The van der Waals surface area contributed by atoms with E-state index in [0.29, 0.717) is 9.46 Å². The van der Waals surface area contributed by atoms with Crippen LogP contribution in [0.1, 0.15) is 6.92 Å². The van der Waals surface area contributed by atoms with Crippen LogP contribution in [0, 0.1) is 0 Å². The lowest BCUT2D eigenvalue weighted by Crippen LogP contribution is -2.37. The third kappa shape index (κ3) is 5.24. The molecule has 0 unspecified atom stereocenters. The average molecular weight is 523 g/mol. The summed E-state index contributed by atoms with van der Waals surface area (Å²) >= 11 is 0. The summed E-state index contributed by atoms with van der Waals surface area (Å²) in [6, 6.07) is 27.3. The SMILES string of the molecule is CC(=O)Nc1ccc(Oc2ccccc2)cc1N(S(=O)(=O)c1ccccc1)S(=O)(=O)c1ccccc1. The largest absolute Gasteiger partial charge is 0.457 e. The molecule has 8 nitrogen and oxygen atoms in total. The van der Waals surface area contributed by atoms with Crippen molar-refractivity contribution in [3.63, 3.8) is 0 Å². The molecular formula is C26H22N2O6S2. The summed E-state index contributed by atoms with van der Waals surface area (Å²) in [5.74, 6) is 0.114. The maximum Gasteiger partial charge on any atom is 0.277 e. The Kier molecular flexibility index (Phi) is 7.09. The molecule has 0 aliphatic rings. The summed E-state index contributed by atoms with van der Waals surface area (Å²) in [5, 5.41) is 2.53. The summed E-state index contributed by atoms with van der Waals surface area (Å²) in [5.41, 5.74) is -0.326. The molecule has 0 aliphatic heterocycles. The highest BCUT2D eigenvalue weighted by molar-refractivity contribution is 8.10. The molecule has 4 rings (SSSR count). The second kappa shape index (κ2) is 10.2. The van der Waals surface area contributed by atoms with Gasteiger partial charge in [-0.05, 0) is 48.5 Å². The molecule has 36 heavy (non-hydrogen) atoms. The van der Waals surface area contributed by atoms with Crippen molar-refractivity contribution in [2.24, 2.45) is 0 Å². The third-order valence-electron chi connectivity index (χ3n) is 4.97. The Bertz CT molecular complexity index is 1510. The second-order valence-electron chi connectivity index (χ2n) is 7.61. The molecule has 0 fully saturated rings. The molecule has 0 atom stereocenters. The van der Waals surface area contributed by atoms with E-state index in [9.17, 15) is 21.6 Å². The van der Waals surface area contributed by atoms with E-state index in [1.165, 1.54) is 73.7 Å². The topological polar surface area (TPSA) is 110 Å². The van der Waals surface area contributed by atoms with Crippen molar-refractivity contribution in [2.45, 2.75) is 16.7 Å². The first kappa shape index (κ1) is 25.0. The Labute approximate surface area is 209 Å². The lowest BCUT2D eigenvalue weighted by Gasteiger charge is -2.26. The standard InChI is InChI=1S/C26H22N2O6S2/c1-20(29)27-25-18-17-22(34-21-11-5-2-6-12-21)19-26(25)28(35(30,31)23-13-7-3-8-14-23)36(32,33)24-15-9-4-10-16-24/h2-19H,1H3,(H,27,29). The van der Waals surface area contributed by atoms with Crippen molar-refractivity contribution >= 4 is 37.3 Å². The van der Waals surface area contributed by atoms with Crippen molar-refractivity contribution in [2.75, 3.05) is 9.03 Å². The van der Waals surface area contributed by atoms with E-state index in [1.807, 2.05) is 0 Å². The molecule has 184 valence electrons. The van der Waals surface area contributed by atoms with E-state index in [1.54, 1.807) is 42.5 Å². The third-order valence-corrected chi connectivity index (χ3v) is 9.15. The van der Waals surface area contributed by atoms with Crippen LogP contribution in [-0.4, -0.2) is 22.7 Å². The van der Waals surface area contributed by atoms with Crippen molar-refractivity contribution < 1.29 is 26.4 Å². The van der Waals surface area contributed by atoms with E-state index in [0.717, 1.165) is 0 Å². The van der Waals surface area contributed by atoms with Crippen LogP contribution in [0.4, 0.5) is 11.4 Å². The fourth-order valence-electron chi connectivity index (χ4n) is 3.41. The molecule has 10 heteroatoms. The normalized spacial score (nSPS) is 11.5. The van der Waals surface area contributed by atoms with Gasteiger partial charge in [0, 0.05) is 13.0 Å². The number of hydrogen-bond donors (Lipinski definition) is 1. The van der Waals surface area contributed by atoms with Crippen LogP contribution >= 0.6 is 0 Å². The van der Waals surface area contributed by atoms with Gasteiger partial charge in [-0.15, -0.1) is 0 Å². The highest BCUT2D eigenvalue weighted by Crippen LogP contribution is 2.39. The first-order valence-corrected chi connectivity index (χ1v) is 13.6. The predicted octanol–water partition coefficient (Wildman–Crippen LogP) is 5.02. The van der Waals surface area contributed by atoms with Crippen LogP contribution in [0.3, 0.4) is 0 Å². The Morgan fingerprint density at radius 1 is 0.667 bits per heavy atom. The van der Waals surface area contributed by atoms with Crippen LogP contribution in [0.2, 0.25) is 0 Å². The summed E-state index contributed by atoms with van der Waals surface area (Å²) < 4.78 is 61.6. The monoisotopic (exact) mass is 522 g/mol. The second-order valence-corrected chi connectivity index (χ2v) is 11.4. The van der Waals surface area contributed by atoms with Crippen molar-refractivity contribution in [3.8, 4) is 11.5 Å². The van der Waals surface area contributed by atoms with Gasteiger partial charge in [-0.3, -0.25) is 4.79 Å². The summed E-state index contributed by atoms with van der Waals surface area (Å²) in [6.07, 6.45) is 0. The smallest absolute Gasteiger partial charge is 0.277 e. The minimum absolute atomic E-state index is 0.0260. The number of carbonyl (C=O) groups excluding carboxylic acids is 1. The summed E-state index contributed by atoms with van der Waals surface area (Å²) in [4.78, 5) is 11.5. The first-order chi connectivity index (χ1) is 17.2. The van der Waals surface area contributed by atoms with E-state index < -0.39 is 26.0 Å².